The molecule has 0 saturated heterocycles. The van der Waals surface area contributed by atoms with Crippen LogP contribution in [0, 0.1) is 0 Å². The lowest BCUT2D eigenvalue weighted by molar-refractivity contribution is 0.380. The molecule has 0 aliphatic carbocycles. The summed E-state index contributed by atoms with van der Waals surface area (Å²) in [6.07, 6.45) is 6.12. The first-order chi connectivity index (χ1) is 13.2. The molecule has 0 unspecified atom stereocenters. The lowest BCUT2D eigenvalue weighted by Crippen LogP contribution is -2.36. The van der Waals surface area contributed by atoms with E-state index in [-0.39, 0.29) is 0 Å². The minimum absolute atomic E-state index is 0.662. The van der Waals surface area contributed by atoms with Crippen LogP contribution in [-0.2, 0) is 25.9 Å². The second-order valence-electron chi connectivity index (χ2n) is 6.56. The van der Waals surface area contributed by atoms with E-state index in [0.717, 1.165) is 55.5 Å². The Kier molecular flexibility index (Phi) is 6.52. The largest absolute Gasteiger partial charge is 0.364 e. The minimum atomic E-state index is 0.662. The van der Waals surface area contributed by atoms with Crippen molar-refractivity contribution in [1.82, 2.24) is 15.8 Å². The summed E-state index contributed by atoms with van der Waals surface area (Å²) in [6.45, 7) is 7.53. The molecule has 6 heteroatoms. The maximum Gasteiger partial charge on any atom is 0.191 e. The van der Waals surface area contributed by atoms with Crippen LogP contribution in [0.2, 0.25) is 0 Å². The van der Waals surface area contributed by atoms with Crippen LogP contribution in [-0.4, -0.2) is 31.3 Å². The molecule has 2 N–H and O–H groups in total. The number of nitrogens with one attached hydrogen (secondary N) is 2. The van der Waals surface area contributed by atoms with Gasteiger partial charge in [0.05, 0.1) is 5.69 Å². The number of nitrogens with zero attached hydrogens (tertiary/aromatic N) is 3. The van der Waals surface area contributed by atoms with Gasteiger partial charge in [-0.2, -0.15) is 0 Å². The molecule has 6 nitrogen and oxygen atoms in total. The Morgan fingerprint density at radius 3 is 2.63 bits per heavy atom. The highest BCUT2D eigenvalue weighted by Crippen LogP contribution is 2.18. The van der Waals surface area contributed by atoms with Crippen molar-refractivity contribution >= 4 is 11.6 Å². The van der Waals surface area contributed by atoms with E-state index < -0.39 is 0 Å². The molecule has 0 fully saturated rings. The van der Waals surface area contributed by atoms with Gasteiger partial charge in [0.15, 0.2) is 5.96 Å². The third kappa shape index (κ3) is 4.70. The van der Waals surface area contributed by atoms with Gasteiger partial charge in [-0.1, -0.05) is 43.3 Å². The predicted molar refractivity (Wildman–Crippen MR) is 110 cm³/mol. The monoisotopic (exact) mass is 367 g/mol. The Hall–Kier alpha value is -2.76. The Balaban J connectivity index is 1.57. The zero-order valence-corrected chi connectivity index (χ0v) is 16.5. The summed E-state index contributed by atoms with van der Waals surface area (Å²) in [4.78, 5) is 6.68. The molecule has 0 bridgehead atoms. The van der Waals surface area contributed by atoms with Crippen LogP contribution in [0.5, 0.6) is 0 Å². The average molecular weight is 367 g/mol. The number of aryl methyl sites for hydroxylation is 2. The molecule has 3 rings (SSSR count). The van der Waals surface area contributed by atoms with Gasteiger partial charge in [-0.15, -0.1) is 0 Å². The van der Waals surface area contributed by atoms with Crippen molar-refractivity contribution in [3.8, 4) is 0 Å². The van der Waals surface area contributed by atoms with Gasteiger partial charge >= 0.3 is 0 Å². The first-order valence-electron chi connectivity index (χ1n) is 9.64. The van der Waals surface area contributed by atoms with Crippen molar-refractivity contribution in [1.29, 1.82) is 0 Å². The summed E-state index contributed by atoms with van der Waals surface area (Å²) < 4.78 is 5.43. The van der Waals surface area contributed by atoms with Gasteiger partial charge in [-0.25, -0.2) is 0 Å². The van der Waals surface area contributed by atoms with E-state index in [1.54, 1.807) is 7.05 Å². The topological polar surface area (TPSA) is 65.7 Å². The number of rotatable bonds is 7. The lowest BCUT2D eigenvalue weighted by atomic mass is 10.1. The summed E-state index contributed by atoms with van der Waals surface area (Å²) in [6, 6.07) is 8.64. The molecule has 2 aromatic rings. The van der Waals surface area contributed by atoms with E-state index in [9.17, 15) is 0 Å². The Bertz CT molecular complexity index is 779. The van der Waals surface area contributed by atoms with Gasteiger partial charge in [-0.3, -0.25) is 4.99 Å². The van der Waals surface area contributed by atoms with Gasteiger partial charge in [-0.05, 0) is 24.1 Å². The molecule has 0 radical (unpaired) electrons. The van der Waals surface area contributed by atoms with Crippen molar-refractivity contribution < 1.29 is 4.52 Å². The number of aliphatic imine (C=N–C) groups is 1. The molecule has 1 aromatic heterocycles. The molecule has 144 valence electrons. The molecule has 1 aromatic carbocycles. The number of anilines is 1. The number of hydrogen-bond donors (Lipinski definition) is 2. The molecule has 0 spiro atoms. The fourth-order valence-electron chi connectivity index (χ4n) is 3.27. The number of benzene rings is 1. The van der Waals surface area contributed by atoms with Gasteiger partial charge in [0, 0.05) is 50.9 Å². The van der Waals surface area contributed by atoms with Gasteiger partial charge in [0.1, 0.15) is 5.76 Å². The smallest absolute Gasteiger partial charge is 0.191 e. The summed E-state index contributed by atoms with van der Waals surface area (Å²) in [7, 11) is 1.79. The summed E-state index contributed by atoms with van der Waals surface area (Å²) in [5.41, 5.74) is 4.65. The van der Waals surface area contributed by atoms with Crippen LogP contribution in [0.15, 0.2) is 45.9 Å². The molecule has 2 heterocycles. The molecule has 1 aliphatic heterocycles. The van der Waals surface area contributed by atoms with Crippen LogP contribution >= 0.6 is 0 Å². The minimum Gasteiger partial charge on any atom is -0.364 e. The zero-order chi connectivity index (χ0) is 19.1. The number of aromatic nitrogens is 1. The van der Waals surface area contributed by atoms with E-state index >= 15 is 0 Å². The fourth-order valence-corrected chi connectivity index (χ4v) is 3.27. The Labute approximate surface area is 161 Å². The van der Waals surface area contributed by atoms with Crippen molar-refractivity contribution in [3.05, 3.63) is 59.0 Å². The van der Waals surface area contributed by atoms with E-state index in [0.29, 0.717) is 6.54 Å². The highest BCUT2D eigenvalue weighted by atomic mass is 16.5. The Morgan fingerprint density at radius 1 is 1.15 bits per heavy atom. The van der Waals surface area contributed by atoms with E-state index in [4.69, 9.17) is 4.52 Å². The number of guanidine groups is 1. The van der Waals surface area contributed by atoms with E-state index in [1.807, 2.05) is 0 Å². The fraction of sp³-hybridized carbons (Fsp3) is 0.429. The van der Waals surface area contributed by atoms with E-state index in [2.05, 4.69) is 75.9 Å². The third-order valence-electron chi connectivity index (χ3n) is 4.82. The van der Waals surface area contributed by atoms with Crippen LogP contribution in [0.1, 0.15) is 36.4 Å². The van der Waals surface area contributed by atoms with Crippen LogP contribution in [0.4, 0.5) is 5.69 Å². The molecule has 0 amide bonds. The van der Waals surface area contributed by atoms with Crippen molar-refractivity contribution in [2.75, 3.05) is 25.0 Å². The maximum atomic E-state index is 5.43. The summed E-state index contributed by atoms with van der Waals surface area (Å²) in [5.74, 6) is 1.72. The molecule has 1 aliphatic rings. The second-order valence-corrected chi connectivity index (χ2v) is 6.56. The first-order valence-corrected chi connectivity index (χ1v) is 9.64. The number of hydrogen-bond acceptors (Lipinski definition) is 4. The van der Waals surface area contributed by atoms with Gasteiger partial charge < -0.3 is 20.1 Å². The Morgan fingerprint density at radius 2 is 1.93 bits per heavy atom. The second kappa shape index (κ2) is 9.26. The molecular formula is C21H29N5O. The highest BCUT2D eigenvalue weighted by Gasteiger charge is 2.13. The molecule has 0 atom stereocenters. The average Bonchev–Trinajstić information content (AvgIpc) is 3.38. The van der Waals surface area contributed by atoms with Crippen LogP contribution in [0.3, 0.4) is 0 Å². The third-order valence-corrected chi connectivity index (χ3v) is 4.82. The normalized spacial score (nSPS) is 14.0. The van der Waals surface area contributed by atoms with Crippen molar-refractivity contribution in [2.45, 2.75) is 39.8 Å². The van der Waals surface area contributed by atoms with Crippen molar-refractivity contribution in [3.63, 3.8) is 0 Å². The maximum absolute atomic E-state index is 5.43. The molecule has 0 saturated carbocycles. The summed E-state index contributed by atoms with van der Waals surface area (Å²) in [5, 5.41) is 10.9. The van der Waals surface area contributed by atoms with Gasteiger partial charge in [0.2, 0.25) is 0 Å². The van der Waals surface area contributed by atoms with Gasteiger partial charge in [0.25, 0.3) is 0 Å². The first kappa shape index (κ1) is 19.0. The quantitative estimate of drug-likeness (QED) is 0.447. The van der Waals surface area contributed by atoms with Crippen molar-refractivity contribution in [2.24, 2.45) is 4.99 Å². The highest BCUT2D eigenvalue weighted by molar-refractivity contribution is 5.79. The zero-order valence-electron chi connectivity index (χ0n) is 16.5. The van der Waals surface area contributed by atoms with Crippen LogP contribution < -0.4 is 15.5 Å². The lowest BCUT2D eigenvalue weighted by Gasteiger charge is -2.19. The summed E-state index contributed by atoms with van der Waals surface area (Å²) >= 11 is 0. The molecular weight excluding hydrogens is 338 g/mol. The van der Waals surface area contributed by atoms with Crippen LogP contribution in [0.25, 0.3) is 0 Å². The predicted octanol–water partition coefficient (Wildman–Crippen LogP) is 3.04. The standard InChI is InChI=1S/C21H29N5O/c1-4-19-18(20(5-2)27-25-19)15-24-21(22-3)23-14-16-9-8-10-17(13-16)26-11-6-7-12-26/h6-10,13H,4-5,11-12,14-15H2,1-3H3,(H2,22,23,24). The molecule has 27 heavy (non-hydrogen) atoms. The van der Waals surface area contributed by atoms with E-state index in [1.165, 1.54) is 11.3 Å². The SMILES string of the molecule is CCc1noc(CC)c1CNC(=NC)NCc1cccc(N2CC=CC2)c1.